The first-order valence-electron chi connectivity index (χ1n) is 7.82. The number of carbonyl (C=O) groups excluding carboxylic acids is 1. The number of amides is 1. The van der Waals surface area contributed by atoms with E-state index in [0.29, 0.717) is 11.6 Å². The van der Waals surface area contributed by atoms with E-state index in [4.69, 9.17) is 16.3 Å². The molecule has 128 valence electrons. The van der Waals surface area contributed by atoms with Gasteiger partial charge in [-0.05, 0) is 31.8 Å². The number of rotatable bonds is 7. The van der Waals surface area contributed by atoms with Gasteiger partial charge < -0.3 is 15.0 Å². The van der Waals surface area contributed by atoms with Gasteiger partial charge in [-0.1, -0.05) is 48.0 Å². The molecule has 4 nitrogen and oxygen atoms in total. The Morgan fingerprint density at radius 1 is 1.17 bits per heavy atom. The maximum atomic E-state index is 12.3. The van der Waals surface area contributed by atoms with Crippen molar-refractivity contribution in [3.8, 4) is 5.75 Å². The molecular weight excluding hydrogens is 324 g/mol. The van der Waals surface area contributed by atoms with E-state index in [1.807, 2.05) is 67.5 Å². The number of nitrogens with zero attached hydrogens (tertiary/aromatic N) is 1. The van der Waals surface area contributed by atoms with Crippen molar-refractivity contribution in [1.29, 1.82) is 0 Å². The summed E-state index contributed by atoms with van der Waals surface area (Å²) < 4.78 is 5.29. The Balaban J connectivity index is 2.02. The molecule has 2 aromatic rings. The Morgan fingerprint density at radius 3 is 2.50 bits per heavy atom. The predicted octanol–water partition coefficient (Wildman–Crippen LogP) is 3.31. The zero-order valence-electron chi connectivity index (χ0n) is 14.3. The van der Waals surface area contributed by atoms with Gasteiger partial charge in [0.2, 0.25) is 5.91 Å². The Kier molecular flexibility index (Phi) is 6.64. The maximum absolute atomic E-state index is 12.3. The van der Waals surface area contributed by atoms with E-state index in [-0.39, 0.29) is 18.4 Å². The molecule has 1 amide bonds. The zero-order valence-corrected chi connectivity index (χ0v) is 15.0. The third kappa shape index (κ3) is 4.73. The molecule has 0 radical (unpaired) electrons. The molecule has 24 heavy (non-hydrogen) atoms. The van der Waals surface area contributed by atoms with Crippen LogP contribution in [0.3, 0.4) is 0 Å². The van der Waals surface area contributed by atoms with Gasteiger partial charge in [0.05, 0.1) is 19.6 Å². The number of benzene rings is 2. The van der Waals surface area contributed by atoms with E-state index in [0.717, 1.165) is 16.9 Å². The van der Waals surface area contributed by atoms with E-state index >= 15 is 0 Å². The molecule has 5 heteroatoms. The minimum atomic E-state index is -0.0431. The largest absolute Gasteiger partial charge is 0.496 e. The third-order valence-electron chi connectivity index (χ3n) is 3.92. The number of methoxy groups -OCH3 is 1. The van der Waals surface area contributed by atoms with Crippen LogP contribution in [-0.4, -0.2) is 38.6 Å². The normalized spacial score (nSPS) is 12.0. The number of para-hydroxylation sites is 1. The van der Waals surface area contributed by atoms with Gasteiger partial charge in [-0.2, -0.15) is 0 Å². The number of hydrogen-bond acceptors (Lipinski definition) is 3. The molecule has 2 aromatic carbocycles. The second kappa shape index (κ2) is 8.71. The molecule has 0 aliphatic heterocycles. The summed E-state index contributed by atoms with van der Waals surface area (Å²) in [5.74, 6) is 0.682. The highest BCUT2D eigenvalue weighted by Gasteiger charge is 2.18. The van der Waals surface area contributed by atoms with Crippen molar-refractivity contribution in [3.05, 3.63) is 64.7 Å². The molecule has 0 saturated carbocycles. The van der Waals surface area contributed by atoms with Crippen molar-refractivity contribution in [1.82, 2.24) is 10.2 Å². The molecule has 1 atom stereocenters. The SMILES string of the molecule is COc1ccccc1CC(=O)NCC(c1ccccc1Cl)N(C)C. The smallest absolute Gasteiger partial charge is 0.224 e. The van der Waals surface area contributed by atoms with Gasteiger partial charge in [-0.25, -0.2) is 0 Å². The van der Waals surface area contributed by atoms with Gasteiger partial charge in [0.1, 0.15) is 5.75 Å². The van der Waals surface area contributed by atoms with Gasteiger partial charge in [0.15, 0.2) is 0 Å². The number of ether oxygens (including phenoxy) is 1. The first kappa shape index (κ1) is 18.3. The minimum Gasteiger partial charge on any atom is -0.496 e. The minimum absolute atomic E-state index is 0.0142. The second-order valence-electron chi connectivity index (χ2n) is 5.79. The first-order chi connectivity index (χ1) is 11.5. The van der Waals surface area contributed by atoms with Crippen molar-refractivity contribution < 1.29 is 9.53 Å². The quantitative estimate of drug-likeness (QED) is 0.836. The Morgan fingerprint density at radius 2 is 1.83 bits per heavy atom. The van der Waals surface area contributed by atoms with E-state index in [2.05, 4.69) is 5.32 Å². The van der Waals surface area contributed by atoms with Crippen LogP contribution in [0.4, 0.5) is 0 Å². The molecular formula is C19H23ClN2O2. The summed E-state index contributed by atoms with van der Waals surface area (Å²) in [6.45, 7) is 0.491. The Bertz CT molecular complexity index is 689. The van der Waals surface area contributed by atoms with Gasteiger partial charge >= 0.3 is 0 Å². The number of nitrogens with one attached hydrogen (secondary N) is 1. The third-order valence-corrected chi connectivity index (χ3v) is 4.27. The van der Waals surface area contributed by atoms with E-state index in [9.17, 15) is 4.79 Å². The Labute approximate surface area is 148 Å². The molecule has 0 fully saturated rings. The van der Waals surface area contributed by atoms with Crippen LogP contribution < -0.4 is 10.1 Å². The Hall–Kier alpha value is -2.04. The number of hydrogen-bond donors (Lipinski definition) is 1. The summed E-state index contributed by atoms with van der Waals surface area (Å²) in [5, 5.41) is 3.70. The predicted molar refractivity (Wildman–Crippen MR) is 97.6 cm³/mol. The molecule has 0 bridgehead atoms. The fourth-order valence-corrected chi connectivity index (χ4v) is 2.87. The van der Waals surface area contributed by atoms with Crippen molar-refractivity contribution in [2.45, 2.75) is 12.5 Å². The van der Waals surface area contributed by atoms with Crippen LogP contribution in [0.2, 0.25) is 5.02 Å². The van der Waals surface area contributed by atoms with Crippen LogP contribution in [0, 0.1) is 0 Å². The number of halogens is 1. The first-order valence-corrected chi connectivity index (χ1v) is 8.20. The monoisotopic (exact) mass is 346 g/mol. The summed E-state index contributed by atoms with van der Waals surface area (Å²) in [7, 11) is 5.55. The topological polar surface area (TPSA) is 41.6 Å². The lowest BCUT2D eigenvalue weighted by Crippen LogP contribution is -2.35. The summed E-state index contributed by atoms with van der Waals surface area (Å²) in [5.41, 5.74) is 1.87. The van der Waals surface area contributed by atoms with E-state index in [1.165, 1.54) is 0 Å². The van der Waals surface area contributed by atoms with Crippen molar-refractivity contribution in [2.75, 3.05) is 27.7 Å². The van der Waals surface area contributed by atoms with Gasteiger partial charge in [-0.15, -0.1) is 0 Å². The molecule has 0 spiro atoms. The van der Waals surface area contributed by atoms with Crippen LogP contribution in [0.5, 0.6) is 5.75 Å². The highest BCUT2D eigenvalue weighted by Crippen LogP contribution is 2.25. The van der Waals surface area contributed by atoms with Crippen LogP contribution in [-0.2, 0) is 11.2 Å². The molecule has 2 rings (SSSR count). The average molecular weight is 347 g/mol. The zero-order chi connectivity index (χ0) is 17.5. The van der Waals surface area contributed by atoms with Crippen LogP contribution in [0.1, 0.15) is 17.2 Å². The fraction of sp³-hybridized carbons (Fsp3) is 0.316. The summed E-state index contributed by atoms with van der Waals surface area (Å²) >= 11 is 6.29. The van der Waals surface area contributed by atoms with Crippen LogP contribution in [0.15, 0.2) is 48.5 Å². The van der Waals surface area contributed by atoms with Gasteiger partial charge in [0, 0.05) is 17.1 Å². The highest BCUT2D eigenvalue weighted by molar-refractivity contribution is 6.31. The molecule has 0 aliphatic carbocycles. The molecule has 0 aliphatic rings. The lowest BCUT2D eigenvalue weighted by Gasteiger charge is -2.26. The standard InChI is InChI=1S/C19H23ClN2O2/c1-22(2)17(15-9-5-6-10-16(15)20)13-21-19(23)12-14-8-4-7-11-18(14)24-3/h4-11,17H,12-13H2,1-3H3,(H,21,23). The maximum Gasteiger partial charge on any atom is 0.224 e. The molecule has 0 saturated heterocycles. The summed E-state index contributed by atoms with van der Waals surface area (Å²) in [6.07, 6.45) is 0.284. The highest BCUT2D eigenvalue weighted by atomic mass is 35.5. The van der Waals surface area contributed by atoms with E-state index < -0.39 is 0 Å². The molecule has 0 heterocycles. The number of carbonyl (C=O) groups is 1. The molecule has 1 N–H and O–H groups in total. The fourth-order valence-electron chi connectivity index (χ4n) is 2.61. The molecule has 0 aromatic heterocycles. The van der Waals surface area contributed by atoms with Crippen molar-refractivity contribution in [2.24, 2.45) is 0 Å². The summed E-state index contributed by atoms with van der Waals surface area (Å²) in [6, 6.07) is 15.3. The van der Waals surface area contributed by atoms with Gasteiger partial charge in [0.25, 0.3) is 0 Å². The molecule has 1 unspecified atom stereocenters. The lowest BCUT2D eigenvalue weighted by molar-refractivity contribution is -0.120. The van der Waals surface area contributed by atoms with Crippen LogP contribution >= 0.6 is 11.6 Å². The lowest BCUT2D eigenvalue weighted by atomic mass is 10.1. The van der Waals surface area contributed by atoms with Crippen LogP contribution in [0.25, 0.3) is 0 Å². The van der Waals surface area contributed by atoms with Gasteiger partial charge in [-0.3, -0.25) is 4.79 Å². The second-order valence-corrected chi connectivity index (χ2v) is 6.20. The van der Waals surface area contributed by atoms with Crippen molar-refractivity contribution in [3.63, 3.8) is 0 Å². The van der Waals surface area contributed by atoms with Crippen molar-refractivity contribution >= 4 is 17.5 Å². The average Bonchev–Trinajstić information content (AvgIpc) is 2.57. The number of likely N-dealkylation sites (N-methyl/N-ethyl adjacent to an activating group) is 1. The summed E-state index contributed by atoms with van der Waals surface area (Å²) in [4.78, 5) is 14.4. The van der Waals surface area contributed by atoms with E-state index in [1.54, 1.807) is 7.11 Å².